The third-order valence-corrected chi connectivity index (χ3v) is 6.26. The second-order valence-electron chi connectivity index (χ2n) is 8.89. The molecule has 2 aromatic carbocycles. The lowest BCUT2D eigenvalue weighted by Gasteiger charge is -2.17. The summed E-state index contributed by atoms with van der Waals surface area (Å²) in [6, 6.07) is 20.3. The molecule has 5 rings (SSSR count). The van der Waals surface area contributed by atoms with Crippen LogP contribution in [0.2, 0.25) is 0 Å². The summed E-state index contributed by atoms with van der Waals surface area (Å²) in [7, 11) is 0. The SMILES string of the molecule is CC(C)c1ccc(C(C)Oc2ccc(-c3c(-c4ccncc4)nn4c3C(=O)NCC4)cc2)cc1. The van der Waals surface area contributed by atoms with E-state index in [1.165, 1.54) is 5.56 Å². The zero-order valence-corrected chi connectivity index (χ0v) is 19.7. The molecule has 34 heavy (non-hydrogen) atoms. The Balaban J connectivity index is 1.44. The quantitative estimate of drug-likeness (QED) is 0.412. The van der Waals surface area contributed by atoms with Gasteiger partial charge in [-0.25, -0.2) is 0 Å². The summed E-state index contributed by atoms with van der Waals surface area (Å²) in [5, 5.41) is 7.72. The van der Waals surface area contributed by atoms with E-state index in [-0.39, 0.29) is 12.0 Å². The summed E-state index contributed by atoms with van der Waals surface area (Å²) in [4.78, 5) is 16.9. The molecule has 1 amide bonds. The third-order valence-electron chi connectivity index (χ3n) is 6.26. The van der Waals surface area contributed by atoms with Gasteiger partial charge in [0.15, 0.2) is 0 Å². The van der Waals surface area contributed by atoms with Crippen LogP contribution >= 0.6 is 0 Å². The van der Waals surface area contributed by atoms with E-state index in [0.717, 1.165) is 33.7 Å². The summed E-state index contributed by atoms with van der Waals surface area (Å²) in [5.74, 6) is 1.18. The predicted molar refractivity (Wildman–Crippen MR) is 133 cm³/mol. The molecular weight excluding hydrogens is 424 g/mol. The molecule has 1 aliphatic rings. The molecular formula is C28H28N4O2. The van der Waals surface area contributed by atoms with E-state index >= 15 is 0 Å². The summed E-state index contributed by atoms with van der Waals surface area (Å²) in [5.41, 5.74) is 6.50. The molecule has 1 unspecified atom stereocenters. The second kappa shape index (κ2) is 9.14. The molecule has 0 saturated heterocycles. The molecule has 1 atom stereocenters. The number of carbonyl (C=O) groups excluding carboxylic acids is 1. The molecule has 2 aromatic heterocycles. The van der Waals surface area contributed by atoms with Crippen molar-refractivity contribution in [2.24, 2.45) is 0 Å². The topological polar surface area (TPSA) is 69.0 Å². The number of aromatic nitrogens is 3. The van der Waals surface area contributed by atoms with Gasteiger partial charge < -0.3 is 10.1 Å². The van der Waals surface area contributed by atoms with Gasteiger partial charge in [-0.15, -0.1) is 0 Å². The lowest BCUT2D eigenvalue weighted by atomic mass is 9.98. The van der Waals surface area contributed by atoms with Crippen molar-refractivity contribution in [3.8, 4) is 28.1 Å². The van der Waals surface area contributed by atoms with Crippen LogP contribution in [0.25, 0.3) is 22.4 Å². The Hall–Kier alpha value is -3.93. The summed E-state index contributed by atoms with van der Waals surface area (Å²) in [6.45, 7) is 7.66. The van der Waals surface area contributed by atoms with E-state index in [4.69, 9.17) is 9.84 Å². The number of hydrogen-bond donors (Lipinski definition) is 1. The first-order valence-corrected chi connectivity index (χ1v) is 11.7. The van der Waals surface area contributed by atoms with E-state index in [0.29, 0.717) is 24.7 Å². The fourth-order valence-electron chi connectivity index (χ4n) is 4.32. The first kappa shape index (κ1) is 21.9. The molecule has 0 spiro atoms. The fraction of sp³-hybridized carbons (Fsp3) is 0.250. The molecule has 172 valence electrons. The second-order valence-corrected chi connectivity index (χ2v) is 8.89. The first-order valence-electron chi connectivity index (χ1n) is 11.7. The van der Waals surface area contributed by atoms with Crippen LogP contribution in [0.5, 0.6) is 5.75 Å². The number of benzene rings is 2. The van der Waals surface area contributed by atoms with Crippen LogP contribution in [-0.4, -0.2) is 27.2 Å². The van der Waals surface area contributed by atoms with Crippen LogP contribution in [0, 0.1) is 0 Å². The molecule has 3 heterocycles. The number of fused-ring (bicyclic) bond motifs is 1. The number of amides is 1. The van der Waals surface area contributed by atoms with Crippen molar-refractivity contribution in [3.63, 3.8) is 0 Å². The van der Waals surface area contributed by atoms with Gasteiger partial charge in [0.1, 0.15) is 23.2 Å². The number of pyridine rings is 1. The van der Waals surface area contributed by atoms with Gasteiger partial charge in [0.05, 0.1) is 6.54 Å². The average Bonchev–Trinajstić information content (AvgIpc) is 3.26. The Morgan fingerprint density at radius 1 is 0.882 bits per heavy atom. The molecule has 4 aromatic rings. The van der Waals surface area contributed by atoms with Gasteiger partial charge in [-0.3, -0.25) is 14.5 Å². The third kappa shape index (κ3) is 4.19. The maximum atomic E-state index is 12.8. The Kier molecular flexibility index (Phi) is 5.88. The smallest absolute Gasteiger partial charge is 0.270 e. The molecule has 0 fully saturated rings. The van der Waals surface area contributed by atoms with Gasteiger partial charge in [-0.05, 0) is 53.8 Å². The van der Waals surface area contributed by atoms with Crippen LogP contribution in [-0.2, 0) is 6.54 Å². The number of nitrogens with one attached hydrogen (secondary N) is 1. The lowest BCUT2D eigenvalue weighted by molar-refractivity contribution is 0.0925. The van der Waals surface area contributed by atoms with Crippen molar-refractivity contribution in [2.45, 2.75) is 39.3 Å². The number of rotatable bonds is 6. The van der Waals surface area contributed by atoms with Crippen LogP contribution in [0.15, 0.2) is 73.1 Å². The minimum Gasteiger partial charge on any atom is -0.486 e. The van der Waals surface area contributed by atoms with Gasteiger partial charge in [-0.2, -0.15) is 5.10 Å². The summed E-state index contributed by atoms with van der Waals surface area (Å²) in [6.07, 6.45) is 3.40. The van der Waals surface area contributed by atoms with E-state index in [1.54, 1.807) is 17.1 Å². The van der Waals surface area contributed by atoms with Crippen LogP contribution in [0.4, 0.5) is 0 Å². The van der Waals surface area contributed by atoms with Crippen molar-refractivity contribution in [3.05, 3.63) is 89.9 Å². The zero-order valence-electron chi connectivity index (χ0n) is 19.7. The van der Waals surface area contributed by atoms with E-state index in [2.05, 4.69) is 55.3 Å². The lowest BCUT2D eigenvalue weighted by Crippen LogP contribution is -2.35. The van der Waals surface area contributed by atoms with Crippen molar-refractivity contribution in [1.29, 1.82) is 0 Å². The van der Waals surface area contributed by atoms with E-state index in [9.17, 15) is 4.79 Å². The molecule has 6 nitrogen and oxygen atoms in total. The fourth-order valence-corrected chi connectivity index (χ4v) is 4.32. The Bertz CT molecular complexity index is 1290. The molecule has 6 heteroatoms. The monoisotopic (exact) mass is 452 g/mol. The number of hydrogen-bond acceptors (Lipinski definition) is 4. The minimum atomic E-state index is -0.104. The number of ether oxygens (including phenoxy) is 1. The van der Waals surface area contributed by atoms with Crippen LogP contribution < -0.4 is 10.1 Å². The van der Waals surface area contributed by atoms with Crippen LogP contribution in [0.3, 0.4) is 0 Å². The van der Waals surface area contributed by atoms with Gasteiger partial charge in [-0.1, -0.05) is 50.2 Å². The number of nitrogens with zero attached hydrogens (tertiary/aromatic N) is 3. The highest BCUT2D eigenvalue weighted by atomic mass is 16.5. The van der Waals surface area contributed by atoms with E-state index in [1.807, 2.05) is 36.4 Å². The maximum Gasteiger partial charge on any atom is 0.270 e. The first-order chi connectivity index (χ1) is 16.5. The average molecular weight is 453 g/mol. The Labute approximate surface area is 199 Å². The van der Waals surface area contributed by atoms with Gasteiger partial charge in [0.25, 0.3) is 5.91 Å². The predicted octanol–water partition coefficient (Wildman–Crippen LogP) is 5.62. The highest BCUT2D eigenvalue weighted by Crippen LogP contribution is 2.36. The van der Waals surface area contributed by atoms with Gasteiger partial charge >= 0.3 is 0 Å². The standard InChI is InChI=1S/C28H28N4O2/c1-18(2)20-4-6-21(7-5-20)19(3)34-24-10-8-22(9-11-24)25-26(23-12-14-29-15-13-23)31-32-17-16-30-28(33)27(25)32/h4-15,18-19H,16-17H2,1-3H3,(H,30,33). The van der Waals surface area contributed by atoms with Gasteiger partial charge in [0, 0.05) is 30.1 Å². The highest BCUT2D eigenvalue weighted by Gasteiger charge is 2.28. The normalized spacial score (nSPS) is 13.9. The van der Waals surface area contributed by atoms with Gasteiger partial charge in [0.2, 0.25) is 0 Å². The van der Waals surface area contributed by atoms with Crippen molar-refractivity contribution in [2.75, 3.05) is 6.54 Å². The highest BCUT2D eigenvalue weighted by molar-refractivity contribution is 6.03. The minimum absolute atomic E-state index is 0.0749. The Morgan fingerprint density at radius 3 is 2.24 bits per heavy atom. The molecule has 0 aliphatic carbocycles. The maximum absolute atomic E-state index is 12.8. The largest absolute Gasteiger partial charge is 0.486 e. The van der Waals surface area contributed by atoms with Crippen molar-refractivity contribution < 1.29 is 9.53 Å². The van der Waals surface area contributed by atoms with Crippen molar-refractivity contribution in [1.82, 2.24) is 20.1 Å². The molecule has 1 N–H and O–H groups in total. The molecule has 0 radical (unpaired) electrons. The van der Waals surface area contributed by atoms with Crippen LogP contribution in [0.1, 0.15) is 54.4 Å². The van der Waals surface area contributed by atoms with E-state index < -0.39 is 0 Å². The molecule has 1 aliphatic heterocycles. The Morgan fingerprint density at radius 2 is 1.56 bits per heavy atom. The molecule has 0 saturated carbocycles. The summed E-state index contributed by atoms with van der Waals surface area (Å²) < 4.78 is 8.02. The molecule has 0 bridgehead atoms. The number of carbonyl (C=O) groups is 1. The summed E-state index contributed by atoms with van der Waals surface area (Å²) >= 11 is 0. The van der Waals surface area contributed by atoms with Crippen molar-refractivity contribution >= 4 is 5.91 Å². The zero-order chi connectivity index (χ0) is 23.7.